The summed E-state index contributed by atoms with van der Waals surface area (Å²) >= 11 is 0. The van der Waals surface area contributed by atoms with Gasteiger partial charge in [0.2, 0.25) is 16.9 Å². The Balaban J connectivity index is 2.46. The first-order valence-electron chi connectivity index (χ1n) is 14.7. The van der Waals surface area contributed by atoms with E-state index in [1.165, 1.54) is 0 Å². The van der Waals surface area contributed by atoms with Gasteiger partial charge in [0.15, 0.2) is 0 Å². The Morgan fingerprint density at radius 3 is 1.87 bits per heavy atom. The van der Waals surface area contributed by atoms with E-state index in [4.69, 9.17) is 33.4 Å². The molecule has 0 N–H and O–H groups in total. The van der Waals surface area contributed by atoms with E-state index >= 15 is 0 Å². The number of benzene rings is 1. The molecule has 13 nitrogen and oxygen atoms in total. The molecule has 2 heterocycles. The van der Waals surface area contributed by atoms with Crippen molar-refractivity contribution in [3.8, 4) is 11.8 Å². The molecule has 47 heavy (non-hydrogen) atoms. The van der Waals surface area contributed by atoms with Crippen LogP contribution in [0, 0.1) is 36.5 Å². The molecule has 1 aliphatic carbocycles. The Morgan fingerprint density at radius 2 is 1.38 bits per heavy atom. The van der Waals surface area contributed by atoms with E-state index in [0.717, 1.165) is 34.0 Å². The first kappa shape index (κ1) is 34.9. The van der Waals surface area contributed by atoms with Crippen LogP contribution in [-0.2, 0) is 48.5 Å². The van der Waals surface area contributed by atoms with Crippen molar-refractivity contribution in [1.29, 1.82) is 5.26 Å². The van der Waals surface area contributed by atoms with Crippen LogP contribution < -0.4 is 4.74 Å². The Hall–Kier alpha value is -4.99. The number of hydrogen-bond acceptors (Lipinski definition) is 13. The standard InChI is InChI=1S/C34H39N3O10/c1-16-13-18-19(14-17(16)2)46-25-21(28(39)43-10)20(27(38)42-9)24(36-31(3,4)5)33(25,15-35)34(18)23(30(41)45-12)22(29(40)44-11)26(47-34)37-32(6,7)8/h13-14,20H,1-12H3/t20-,33-,34-/m1/s1. The summed E-state index contributed by atoms with van der Waals surface area (Å²) in [5, 5.41) is 11.6. The maximum Gasteiger partial charge on any atom is 0.344 e. The molecule has 250 valence electrons. The molecule has 3 aliphatic rings. The van der Waals surface area contributed by atoms with E-state index < -0.39 is 63.0 Å². The number of rotatable bonds is 4. The molecule has 2 aliphatic heterocycles. The van der Waals surface area contributed by atoms with Crippen molar-refractivity contribution >= 4 is 35.5 Å². The SMILES string of the molecule is COC(=O)C1=C(C(=O)OC)[C@]2(OC1=NC(C)(C)C)c1cc(C)c(C)cc1OC1=C(C(=O)OC)[C@@H](C(=O)OC)C(=NC(C)(C)C)[C@]12C#N. The van der Waals surface area contributed by atoms with Crippen LogP contribution in [0.3, 0.4) is 0 Å². The number of carbonyl (C=O) groups excluding carboxylic acids is 4. The van der Waals surface area contributed by atoms with E-state index in [9.17, 15) is 24.4 Å². The molecule has 4 rings (SSSR count). The highest BCUT2D eigenvalue weighted by Crippen LogP contribution is 2.67. The predicted octanol–water partition coefficient (Wildman–Crippen LogP) is 3.74. The van der Waals surface area contributed by atoms with Crippen molar-refractivity contribution < 1.29 is 47.6 Å². The van der Waals surface area contributed by atoms with E-state index in [-0.39, 0.29) is 34.3 Å². The van der Waals surface area contributed by atoms with Crippen LogP contribution in [0.2, 0.25) is 0 Å². The van der Waals surface area contributed by atoms with E-state index in [1.54, 1.807) is 60.6 Å². The number of methoxy groups -OCH3 is 4. The molecule has 0 unspecified atom stereocenters. The van der Waals surface area contributed by atoms with Gasteiger partial charge in [-0.25, -0.2) is 19.4 Å². The Bertz CT molecular complexity index is 1760. The zero-order chi connectivity index (χ0) is 35.4. The number of aryl methyl sites for hydroxylation is 2. The summed E-state index contributed by atoms with van der Waals surface area (Å²) in [6.07, 6.45) is 0. The second-order valence-corrected chi connectivity index (χ2v) is 13.4. The van der Waals surface area contributed by atoms with Crippen molar-refractivity contribution in [2.45, 2.75) is 72.1 Å². The zero-order valence-corrected chi connectivity index (χ0v) is 28.7. The Morgan fingerprint density at radius 1 is 0.830 bits per heavy atom. The van der Waals surface area contributed by atoms with Gasteiger partial charge in [-0.1, -0.05) is 0 Å². The number of nitrogens with zero attached hydrogens (tertiary/aromatic N) is 3. The fourth-order valence-corrected chi connectivity index (χ4v) is 6.11. The number of carbonyl (C=O) groups is 4. The minimum Gasteiger partial charge on any atom is -0.468 e. The van der Waals surface area contributed by atoms with Gasteiger partial charge in [-0.2, -0.15) is 5.26 Å². The van der Waals surface area contributed by atoms with Gasteiger partial charge < -0.3 is 28.4 Å². The monoisotopic (exact) mass is 649 g/mol. The van der Waals surface area contributed by atoms with Crippen LogP contribution in [0.5, 0.6) is 5.75 Å². The fourth-order valence-electron chi connectivity index (χ4n) is 6.11. The number of nitriles is 1. The highest BCUT2D eigenvalue weighted by atomic mass is 16.6. The quantitative estimate of drug-likeness (QED) is 0.344. The number of esters is 4. The number of aliphatic imine (C=N–C) groups is 2. The summed E-state index contributed by atoms with van der Waals surface area (Å²) in [4.78, 5) is 64.7. The molecule has 1 aromatic rings. The maximum absolute atomic E-state index is 14.2. The van der Waals surface area contributed by atoms with E-state index in [0.29, 0.717) is 5.56 Å². The van der Waals surface area contributed by atoms with Gasteiger partial charge in [0.25, 0.3) is 0 Å². The lowest BCUT2D eigenvalue weighted by Crippen LogP contribution is -2.57. The summed E-state index contributed by atoms with van der Waals surface area (Å²) in [6, 6.07) is 5.53. The normalized spacial score (nSPS) is 25.1. The second-order valence-electron chi connectivity index (χ2n) is 13.4. The lowest BCUT2D eigenvalue weighted by Gasteiger charge is -2.47. The molecule has 1 spiro atoms. The molecule has 3 atom stereocenters. The molecule has 0 fully saturated rings. The Kier molecular flexibility index (Phi) is 8.66. The van der Waals surface area contributed by atoms with Crippen molar-refractivity contribution in [2.75, 3.05) is 28.4 Å². The first-order chi connectivity index (χ1) is 21.8. The van der Waals surface area contributed by atoms with Gasteiger partial charge in [-0.3, -0.25) is 9.79 Å². The van der Waals surface area contributed by atoms with Gasteiger partial charge in [0.05, 0.1) is 56.9 Å². The largest absolute Gasteiger partial charge is 0.468 e. The third-order valence-electron chi connectivity index (χ3n) is 7.99. The summed E-state index contributed by atoms with van der Waals surface area (Å²) in [6.45, 7) is 14.0. The van der Waals surface area contributed by atoms with Crippen LogP contribution in [0.15, 0.2) is 44.6 Å². The molecule has 0 aromatic heterocycles. The number of hydrogen-bond donors (Lipinski definition) is 0. The van der Waals surface area contributed by atoms with Gasteiger partial charge in [-0.15, -0.1) is 0 Å². The average molecular weight is 650 g/mol. The van der Waals surface area contributed by atoms with Crippen LogP contribution in [-0.4, -0.2) is 75.0 Å². The molecule has 0 saturated carbocycles. The second kappa shape index (κ2) is 11.7. The van der Waals surface area contributed by atoms with Gasteiger partial charge >= 0.3 is 23.9 Å². The van der Waals surface area contributed by atoms with Gasteiger partial charge in [0.1, 0.15) is 28.6 Å². The molecule has 0 radical (unpaired) electrons. The smallest absolute Gasteiger partial charge is 0.344 e. The van der Waals surface area contributed by atoms with E-state index in [2.05, 4.69) is 11.1 Å². The third kappa shape index (κ3) is 5.16. The van der Waals surface area contributed by atoms with Crippen LogP contribution in [0.4, 0.5) is 0 Å². The molecule has 0 amide bonds. The highest BCUT2D eigenvalue weighted by Gasteiger charge is 2.78. The summed E-state index contributed by atoms with van der Waals surface area (Å²) in [5.41, 5.74) is -6.62. The van der Waals surface area contributed by atoms with Crippen molar-refractivity contribution in [3.63, 3.8) is 0 Å². The first-order valence-corrected chi connectivity index (χ1v) is 14.7. The predicted molar refractivity (Wildman–Crippen MR) is 167 cm³/mol. The van der Waals surface area contributed by atoms with Crippen LogP contribution in [0.1, 0.15) is 58.2 Å². The van der Waals surface area contributed by atoms with Gasteiger partial charge in [-0.05, 0) is 78.6 Å². The number of ether oxygens (including phenoxy) is 6. The Labute approximate surface area is 273 Å². The van der Waals surface area contributed by atoms with Gasteiger partial charge in [0, 0.05) is 5.56 Å². The molecule has 1 aromatic carbocycles. The zero-order valence-electron chi connectivity index (χ0n) is 28.7. The maximum atomic E-state index is 14.2. The molecule has 0 bridgehead atoms. The summed E-state index contributed by atoms with van der Waals surface area (Å²) < 4.78 is 33.9. The molecule has 13 heteroatoms. The number of fused-ring (bicyclic) bond motifs is 4. The van der Waals surface area contributed by atoms with Crippen molar-refractivity contribution in [1.82, 2.24) is 0 Å². The minimum atomic E-state index is -2.42. The van der Waals surface area contributed by atoms with Crippen molar-refractivity contribution in [2.24, 2.45) is 21.3 Å². The third-order valence-corrected chi connectivity index (χ3v) is 7.99. The minimum absolute atomic E-state index is 0.0682. The topological polar surface area (TPSA) is 172 Å². The molecular weight excluding hydrogens is 610 g/mol. The highest BCUT2D eigenvalue weighted by molar-refractivity contribution is 6.27. The van der Waals surface area contributed by atoms with Crippen molar-refractivity contribution in [3.05, 3.63) is 51.3 Å². The summed E-state index contributed by atoms with van der Waals surface area (Å²) in [7, 11) is 4.44. The lowest BCUT2D eigenvalue weighted by atomic mass is 9.60. The lowest BCUT2D eigenvalue weighted by molar-refractivity contribution is -0.145. The van der Waals surface area contributed by atoms with E-state index in [1.807, 2.05) is 6.92 Å². The summed E-state index contributed by atoms with van der Waals surface area (Å²) in [5.74, 6) is -6.36. The van der Waals surface area contributed by atoms with Crippen LogP contribution in [0.25, 0.3) is 0 Å². The molecular formula is C34H39N3O10. The molecule has 0 saturated heterocycles. The fraction of sp³-hybridized carbons (Fsp3) is 0.500. The average Bonchev–Trinajstić information content (AvgIpc) is 3.46. The van der Waals surface area contributed by atoms with Crippen LogP contribution >= 0.6 is 0 Å².